The van der Waals surface area contributed by atoms with Gasteiger partial charge in [0.05, 0.1) is 6.61 Å². The summed E-state index contributed by atoms with van der Waals surface area (Å²) < 4.78 is 0. The zero-order valence-electron chi connectivity index (χ0n) is 11.0. The van der Waals surface area contributed by atoms with Gasteiger partial charge in [-0.15, -0.1) is 5.10 Å². The number of hydrogen-bond acceptors (Lipinski definition) is 4. The molecule has 0 radical (unpaired) electrons. The van der Waals surface area contributed by atoms with E-state index in [-0.39, 0.29) is 24.4 Å². The number of aromatic nitrogens is 3. The van der Waals surface area contributed by atoms with Gasteiger partial charge in [0.15, 0.2) is 0 Å². The summed E-state index contributed by atoms with van der Waals surface area (Å²) in [5.74, 6) is 1.40. The minimum absolute atomic E-state index is 0.0118. The Hall–Kier alpha value is -1.43. The van der Waals surface area contributed by atoms with Crippen molar-refractivity contribution in [2.45, 2.75) is 50.5 Å². The molecule has 0 aromatic carbocycles. The average Bonchev–Trinajstić information content (AvgIpc) is 2.96. The van der Waals surface area contributed by atoms with Gasteiger partial charge in [-0.1, -0.05) is 12.8 Å². The van der Waals surface area contributed by atoms with E-state index < -0.39 is 0 Å². The van der Waals surface area contributed by atoms with Gasteiger partial charge >= 0.3 is 0 Å². The quantitative estimate of drug-likeness (QED) is 0.833. The van der Waals surface area contributed by atoms with E-state index in [0.29, 0.717) is 12.5 Å². The molecule has 2 aliphatic rings. The van der Waals surface area contributed by atoms with E-state index in [0.717, 1.165) is 44.3 Å². The molecule has 0 bridgehead atoms. The van der Waals surface area contributed by atoms with E-state index in [1.807, 2.05) is 0 Å². The van der Waals surface area contributed by atoms with E-state index in [1.165, 1.54) is 0 Å². The molecule has 2 aliphatic carbocycles. The first-order valence-corrected chi connectivity index (χ1v) is 7.13. The maximum atomic E-state index is 12.4. The number of nitrogens with one attached hydrogen (secondary N) is 1. The molecule has 2 saturated carbocycles. The maximum Gasteiger partial charge on any atom is 0.293 e. The molecule has 0 atom stereocenters. The van der Waals surface area contributed by atoms with Gasteiger partial charge in [0.2, 0.25) is 5.82 Å². The lowest BCUT2D eigenvalue weighted by Crippen LogP contribution is -2.41. The van der Waals surface area contributed by atoms with Crippen LogP contribution in [0, 0.1) is 0 Å². The number of aliphatic hydroxyl groups excluding tert-OH is 1. The third-order valence-electron chi connectivity index (χ3n) is 4.03. The van der Waals surface area contributed by atoms with Crippen molar-refractivity contribution in [3.63, 3.8) is 0 Å². The molecule has 1 aromatic rings. The van der Waals surface area contributed by atoms with Crippen LogP contribution >= 0.6 is 0 Å². The molecule has 104 valence electrons. The molecule has 0 saturated heterocycles. The Morgan fingerprint density at radius 1 is 1.32 bits per heavy atom. The number of carbonyl (C=O) groups is 1. The van der Waals surface area contributed by atoms with E-state index in [9.17, 15) is 4.79 Å². The second-order valence-electron chi connectivity index (χ2n) is 5.48. The minimum atomic E-state index is -0.149. The van der Waals surface area contributed by atoms with Crippen molar-refractivity contribution >= 4 is 5.91 Å². The number of hydrogen-bond donors (Lipinski definition) is 2. The van der Waals surface area contributed by atoms with Crippen LogP contribution in [0.1, 0.15) is 60.9 Å². The zero-order chi connectivity index (χ0) is 13.2. The summed E-state index contributed by atoms with van der Waals surface area (Å²) in [7, 11) is 0. The Kier molecular flexibility index (Phi) is 3.50. The molecule has 3 rings (SSSR count). The van der Waals surface area contributed by atoms with Gasteiger partial charge in [0.1, 0.15) is 5.82 Å². The molecule has 0 spiro atoms. The first-order valence-electron chi connectivity index (χ1n) is 7.13. The predicted octanol–water partition coefficient (Wildman–Crippen LogP) is 1.06. The number of amides is 1. The van der Waals surface area contributed by atoms with E-state index in [4.69, 9.17) is 5.11 Å². The number of nitrogens with zero attached hydrogens (tertiary/aromatic N) is 3. The van der Waals surface area contributed by atoms with Crippen LogP contribution in [0.4, 0.5) is 0 Å². The molecule has 2 N–H and O–H groups in total. The first-order chi connectivity index (χ1) is 9.29. The highest BCUT2D eigenvalue weighted by molar-refractivity contribution is 5.90. The topological polar surface area (TPSA) is 82.1 Å². The van der Waals surface area contributed by atoms with Crippen molar-refractivity contribution in [1.29, 1.82) is 0 Å². The Morgan fingerprint density at radius 2 is 2.05 bits per heavy atom. The number of aromatic amines is 1. The van der Waals surface area contributed by atoms with E-state index in [1.54, 1.807) is 4.90 Å². The smallest absolute Gasteiger partial charge is 0.293 e. The SMILES string of the molecule is O=C(c1n[nH]c(C2CC2)n1)N(CCO)C1CCCC1. The van der Waals surface area contributed by atoms with Crippen molar-refractivity contribution in [2.24, 2.45) is 0 Å². The van der Waals surface area contributed by atoms with Gasteiger partial charge in [-0.2, -0.15) is 0 Å². The third-order valence-corrected chi connectivity index (χ3v) is 4.03. The van der Waals surface area contributed by atoms with E-state index >= 15 is 0 Å². The van der Waals surface area contributed by atoms with Gasteiger partial charge in [-0.25, -0.2) is 4.98 Å². The fraction of sp³-hybridized carbons (Fsp3) is 0.769. The molecule has 6 heteroatoms. The Balaban J connectivity index is 1.73. The van der Waals surface area contributed by atoms with Crippen molar-refractivity contribution in [2.75, 3.05) is 13.2 Å². The van der Waals surface area contributed by atoms with Crippen LogP contribution in [0.2, 0.25) is 0 Å². The van der Waals surface area contributed by atoms with Crippen LogP contribution in [-0.4, -0.2) is 50.3 Å². The fourth-order valence-electron chi connectivity index (χ4n) is 2.81. The summed E-state index contributed by atoms with van der Waals surface area (Å²) in [6.45, 7) is 0.360. The average molecular weight is 264 g/mol. The van der Waals surface area contributed by atoms with Gasteiger partial charge in [-0.3, -0.25) is 9.89 Å². The number of rotatable bonds is 5. The van der Waals surface area contributed by atoms with Crippen LogP contribution < -0.4 is 0 Å². The summed E-state index contributed by atoms with van der Waals surface area (Å²) >= 11 is 0. The highest BCUT2D eigenvalue weighted by atomic mass is 16.3. The van der Waals surface area contributed by atoms with Gasteiger partial charge in [-0.05, 0) is 25.7 Å². The molecular weight excluding hydrogens is 244 g/mol. The Morgan fingerprint density at radius 3 is 2.68 bits per heavy atom. The van der Waals surface area contributed by atoms with E-state index in [2.05, 4.69) is 15.2 Å². The van der Waals surface area contributed by atoms with Crippen LogP contribution in [0.5, 0.6) is 0 Å². The zero-order valence-corrected chi connectivity index (χ0v) is 11.0. The number of H-pyrrole nitrogens is 1. The van der Waals surface area contributed by atoms with Crippen molar-refractivity contribution in [1.82, 2.24) is 20.1 Å². The summed E-state index contributed by atoms with van der Waals surface area (Å²) in [5.41, 5.74) is 0. The second kappa shape index (κ2) is 5.28. The van der Waals surface area contributed by atoms with Crippen LogP contribution in [0.25, 0.3) is 0 Å². The molecule has 19 heavy (non-hydrogen) atoms. The molecule has 0 aliphatic heterocycles. The molecule has 1 amide bonds. The lowest BCUT2D eigenvalue weighted by Gasteiger charge is -2.27. The van der Waals surface area contributed by atoms with Gasteiger partial charge < -0.3 is 10.0 Å². The lowest BCUT2D eigenvalue weighted by molar-refractivity contribution is 0.0626. The largest absolute Gasteiger partial charge is 0.395 e. The molecular formula is C13H20N4O2. The number of aliphatic hydroxyl groups is 1. The monoisotopic (exact) mass is 264 g/mol. The molecule has 2 fully saturated rings. The van der Waals surface area contributed by atoms with Gasteiger partial charge in [0.25, 0.3) is 5.91 Å². The summed E-state index contributed by atoms with van der Waals surface area (Å²) in [6.07, 6.45) is 6.61. The van der Waals surface area contributed by atoms with Crippen LogP contribution in [-0.2, 0) is 0 Å². The Bertz CT molecular complexity index is 449. The number of carbonyl (C=O) groups excluding carboxylic acids is 1. The van der Waals surface area contributed by atoms with Gasteiger partial charge in [0, 0.05) is 18.5 Å². The standard InChI is InChI=1S/C13H20N4O2/c18-8-7-17(10-3-1-2-4-10)13(19)12-14-11(15-16-12)9-5-6-9/h9-10,18H,1-8H2,(H,14,15,16). The first kappa shape index (κ1) is 12.6. The van der Waals surface area contributed by atoms with Crippen molar-refractivity contribution in [3.05, 3.63) is 11.6 Å². The highest BCUT2D eigenvalue weighted by Crippen LogP contribution is 2.37. The van der Waals surface area contributed by atoms with Crippen molar-refractivity contribution in [3.8, 4) is 0 Å². The maximum absolute atomic E-state index is 12.4. The molecule has 1 heterocycles. The predicted molar refractivity (Wildman–Crippen MR) is 68.7 cm³/mol. The normalized spacial score (nSPS) is 19.8. The lowest BCUT2D eigenvalue weighted by atomic mass is 10.2. The summed E-state index contributed by atoms with van der Waals surface area (Å²) in [5, 5.41) is 16.1. The van der Waals surface area contributed by atoms with Crippen molar-refractivity contribution < 1.29 is 9.90 Å². The summed E-state index contributed by atoms with van der Waals surface area (Å²) in [6, 6.07) is 0.238. The highest BCUT2D eigenvalue weighted by Gasteiger charge is 2.32. The van der Waals surface area contributed by atoms with Crippen LogP contribution in [0.3, 0.4) is 0 Å². The molecule has 1 aromatic heterocycles. The van der Waals surface area contributed by atoms with Crippen LogP contribution in [0.15, 0.2) is 0 Å². The minimum Gasteiger partial charge on any atom is -0.395 e. The summed E-state index contributed by atoms with van der Waals surface area (Å²) in [4.78, 5) is 18.5. The Labute approximate surface area is 112 Å². The molecule has 6 nitrogen and oxygen atoms in total. The fourth-order valence-corrected chi connectivity index (χ4v) is 2.81. The second-order valence-corrected chi connectivity index (χ2v) is 5.48. The third kappa shape index (κ3) is 2.63. The molecule has 0 unspecified atom stereocenters.